The molecule has 0 aliphatic carbocycles. The number of aromatic nitrogens is 1. The van der Waals surface area contributed by atoms with Crippen LogP contribution in [0.15, 0.2) is 46.3 Å². The lowest BCUT2D eigenvalue weighted by molar-refractivity contribution is -0.193. The van der Waals surface area contributed by atoms with E-state index in [1.54, 1.807) is 22.8 Å². The molecule has 2 aromatic carbocycles. The van der Waals surface area contributed by atoms with Gasteiger partial charge in [-0.15, -0.1) is 0 Å². The summed E-state index contributed by atoms with van der Waals surface area (Å²) in [6.45, 7) is 8.49. The number of nitrogens with two attached hydrogens (primary N) is 3. The highest BCUT2D eigenvalue weighted by Crippen LogP contribution is 2.35. The number of aliphatic imine (C=N–C) groups is 1. The summed E-state index contributed by atoms with van der Waals surface area (Å²) >= 11 is 13.2. The molecule has 2 amide bonds. The number of nitrogens with one attached hydrogen (secondary N) is 1. The summed E-state index contributed by atoms with van der Waals surface area (Å²) in [4.78, 5) is 73.8. The van der Waals surface area contributed by atoms with Crippen LogP contribution in [0.3, 0.4) is 0 Å². The highest BCUT2D eigenvalue weighted by Gasteiger charge is 2.43. The molecule has 4 rings (SSSR count). The van der Waals surface area contributed by atoms with Crippen molar-refractivity contribution in [2.24, 2.45) is 22.2 Å². The molecule has 36 heteroatoms. The maximum atomic E-state index is 13.8. The predicted molar refractivity (Wildman–Crippen MR) is 251 cm³/mol. The van der Waals surface area contributed by atoms with Crippen molar-refractivity contribution in [3.8, 4) is 5.75 Å². The smallest absolute Gasteiger partial charge is 0.487 e. The molecule has 0 radical (unpaired) electrons. The van der Waals surface area contributed by atoms with E-state index in [0.717, 1.165) is 16.6 Å². The normalized spacial score (nSPS) is 13.9. The van der Waals surface area contributed by atoms with Crippen LogP contribution < -0.4 is 26.7 Å². The molecular weight excluding hydrogens is 1160 g/mol. The Morgan fingerprint density at radius 3 is 1.64 bits per heavy atom. The number of para-hydroxylation sites is 1. The number of unbranched alkanes of at least 4 members (excludes halogenated alkanes) is 1. The van der Waals surface area contributed by atoms with Gasteiger partial charge >= 0.3 is 48.6 Å². The van der Waals surface area contributed by atoms with Gasteiger partial charge in [-0.1, -0.05) is 42.3 Å². The number of hydrogen-bond acceptors (Lipinski definition) is 12. The second-order valence-corrected chi connectivity index (χ2v) is 18.3. The number of guanidine groups is 1. The number of halogens is 14. The number of benzene rings is 2. The molecule has 1 aliphatic rings. The minimum atomic E-state index is -5.08. The van der Waals surface area contributed by atoms with Crippen molar-refractivity contribution < 1.29 is 115 Å². The molecule has 78 heavy (non-hydrogen) atoms. The zero-order valence-corrected chi connectivity index (χ0v) is 43.1. The van der Waals surface area contributed by atoms with Crippen molar-refractivity contribution >= 4 is 85.8 Å². The number of amides is 2. The number of carbonyl (C=O) groups is 6. The molecule has 2 heterocycles. The maximum absolute atomic E-state index is 13.8. The van der Waals surface area contributed by atoms with Crippen molar-refractivity contribution in [1.82, 2.24) is 19.5 Å². The third kappa shape index (κ3) is 23.9. The molecule has 3 aromatic rings. The standard InChI is InChI=1S/C34H46Cl2N8O5S.4C2HF3O2/c1-5-34(4,32(46)44-17-15-43(16-18-44)31(45)26(37)10-6-7-14-40-33(38)39)42-50(47,48)28-13-12-25(35)24(29(28)36)20-49-27-11-8-9-23-21(2)19-22(3)41-30(23)27;4*3-2(4,5)1(6)7/h8-9,11-13,19,26,42H,5-7,10,14-18,20,37H2,1-4H3,(H4,38,39,40);4*(H,6,7)/t26-,34-;;;;/m0..../s1. The van der Waals surface area contributed by atoms with Crippen molar-refractivity contribution in [2.45, 2.75) is 101 Å². The molecule has 1 aliphatic heterocycles. The first-order valence-corrected chi connectivity index (χ1v) is 23.7. The van der Waals surface area contributed by atoms with E-state index in [9.17, 15) is 70.7 Å². The molecule has 440 valence electrons. The monoisotopic (exact) mass is 1200 g/mol. The van der Waals surface area contributed by atoms with Gasteiger partial charge in [0.2, 0.25) is 21.8 Å². The Bertz CT molecular complexity index is 2630. The third-order valence-corrected chi connectivity index (χ3v) is 12.4. The van der Waals surface area contributed by atoms with Crippen LogP contribution >= 0.6 is 23.2 Å². The molecule has 2 atom stereocenters. The number of carboxylic acid groups (broad SMARTS) is 4. The van der Waals surface area contributed by atoms with E-state index in [4.69, 9.17) is 84.7 Å². The lowest BCUT2D eigenvalue weighted by Crippen LogP contribution is -2.62. The fourth-order valence-corrected chi connectivity index (χ4v) is 8.20. The van der Waals surface area contributed by atoms with Crippen LogP contribution in [0.1, 0.15) is 56.4 Å². The molecule has 21 nitrogen and oxygen atoms in total. The second-order valence-electron chi connectivity index (χ2n) is 15.9. The van der Waals surface area contributed by atoms with E-state index in [1.165, 1.54) is 19.1 Å². The largest absolute Gasteiger partial charge is 0.490 e. The minimum Gasteiger partial charge on any atom is -0.487 e. The molecule has 1 fully saturated rings. The molecule has 1 saturated heterocycles. The minimum absolute atomic E-state index is 0.0227. The number of fused-ring (bicyclic) bond motifs is 1. The number of aliphatic carboxylic acids is 4. The number of hydrogen-bond donors (Lipinski definition) is 8. The van der Waals surface area contributed by atoms with Gasteiger partial charge in [0.25, 0.3) is 0 Å². The summed E-state index contributed by atoms with van der Waals surface area (Å²) in [5.41, 5.74) is 18.1. The Morgan fingerprint density at radius 1 is 0.769 bits per heavy atom. The first-order chi connectivity index (χ1) is 35.3. The molecule has 11 N–H and O–H groups in total. The molecule has 0 spiro atoms. The zero-order valence-electron chi connectivity index (χ0n) is 40.8. The van der Waals surface area contributed by atoms with E-state index in [-0.39, 0.29) is 71.6 Å². The zero-order chi connectivity index (χ0) is 61.1. The fourth-order valence-electron chi connectivity index (χ4n) is 5.88. The number of rotatable bonds is 14. The number of alkyl halides is 12. The van der Waals surface area contributed by atoms with Crippen LogP contribution in [-0.2, 0) is 45.4 Å². The lowest BCUT2D eigenvalue weighted by Gasteiger charge is -2.40. The second kappa shape index (κ2) is 29.9. The Hall–Kier alpha value is -6.65. The highest BCUT2D eigenvalue weighted by atomic mass is 35.5. The summed E-state index contributed by atoms with van der Waals surface area (Å²) in [5.74, 6) is -11.1. The topological polar surface area (TPSA) is 349 Å². The molecular formula is C42H50Cl2F12N8O13S. The highest BCUT2D eigenvalue weighted by molar-refractivity contribution is 7.89. The molecule has 0 unspecified atom stereocenters. The summed E-state index contributed by atoms with van der Waals surface area (Å²) in [6, 6.07) is 9.62. The maximum Gasteiger partial charge on any atom is 0.490 e. The van der Waals surface area contributed by atoms with Crippen LogP contribution in [0.25, 0.3) is 10.9 Å². The van der Waals surface area contributed by atoms with Gasteiger partial charge in [0.15, 0.2) is 5.96 Å². The Kier molecular flexibility index (Phi) is 27.4. The van der Waals surface area contributed by atoms with Crippen LogP contribution in [0.5, 0.6) is 5.75 Å². The van der Waals surface area contributed by atoms with Crippen molar-refractivity contribution in [3.05, 3.63) is 63.3 Å². The van der Waals surface area contributed by atoms with Crippen LogP contribution in [0.2, 0.25) is 10.0 Å². The van der Waals surface area contributed by atoms with Gasteiger partial charge in [0, 0.05) is 54.4 Å². The van der Waals surface area contributed by atoms with Crippen molar-refractivity contribution in [1.29, 1.82) is 0 Å². The first kappa shape index (κ1) is 71.3. The average molecular weight is 1210 g/mol. The average Bonchev–Trinajstić information content (AvgIpc) is 3.30. The van der Waals surface area contributed by atoms with E-state index in [1.807, 2.05) is 32.0 Å². The fraction of sp³-hybridized carbons (Fsp3) is 0.476. The van der Waals surface area contributed by atoms with Gasteiger partial charge < -0.3 is 52.2 Å². The quantitative estimate of drug-likeness (QED) is 0.0388. The number of ether oxygens (including phenoxy) is 1. The molecule has 0 bridgehead atoms. The van der Waals surface area contributed by atoms with E-state index in [2.05, 4.69) is 14.7 Å². The van der Waals surface area contributed by atoms with E-state index >= 15 is 0 Å². The SMILES string of the molecule is CC[C@](C)(NS(=O)(=O)c1ccc(Cl)c(COc2cccc3c(C)cc(C)nc23)c1Cl)C(=O)N1CCN(C(=O)[C@@H](N)CCCCN=C(N)N)CC1.O=C(O)C(F)(F)F.O=C(O)C(F)(F)F.O=C(O)C(F)(F)F.O=C(O)C(F)(F)F. The lowest BCUT2D eigenvalue weighted by atomic mass is 9.98. The van der Waals surface area contributed by atoms with Gasteiger partial charge in [0.05, 0.1) is 11.1 Å². The number of pyridine rings is 1. The Morgan fingerprint density at radius 2 is 1.22 bits per heavy atom. The number of carboxylic acids is 4. The van der Waals surface area contributed by atoms with Gasteiger partial charge in [-0.05, 0) is 76.3 Å². The number of carbonyl (C=O) groups excluding carboxylic acids is 2. The summed E-state index contributed by atoms with van der Waals surface area (Å²) in [6.07, 6.45) is -18.3. The Balaban J connectivity index is 0.00000172. The van der Waals surface area contributed by atoms with E-state index in [0.29, 0.717) is 37.1 Å². The van der Waals surface area contributed by atoms with Crippen LogP contribution in [0, 0.1) is 13.8 Å². The number of nitrogens with zero attached hydrogens (tertiary/aromatic N) is 4. The van der Waals surface area contributed by atoms with Gasteiger partial charge in [-0.3, -0.25) is 14.6 Å². The van der Waals surface area contributed by atoms with Gasteiger partial charge in [-0.2, -0.15) is 57.4 Å². The first-order valence-electron chi connectivity index (χ1n) is 21.5. The number of sulfonamides is 1. The van der Waals surface area contributed by atoms with Crippen molar-refractivity contribution in [3.63, 3.8) is 0 Å². The molecule has 0 saturated carbocycles. The van der Waals surface area contributed by atoms with Gasteiger partial charge in [0.1, 0.15) is 28.3 Å². The van der Waals surface area contributed by atoms with Crippen LogP contribution in [0.4, 0.5) is 52.7 Å². The van der Waals surface area contributed by atoms with Crippen molar-refractivity contribution in [2.75, 3.05) is 32.7 Å². The summed E-state index contributed by atoms with van der Waals surface area (Å²) in [5, 5.41) is 29.5. The summed E-state index contributed by atoms with van der Waals surface area (Å²) < 4.78 is 163. The molecule has 1 aromatic heterocycles. The summed E-state index contributed by atoms with van der Waals surface area (Å²) in [7, 11) is -4.32. The Labute approximate surface area is 444 Å². The van der Waals surface area contributed by atoms with Crippen LogP contribution in [-0.4, -0.2) is 154 Å². The van der Waals surface area contributed by atoms with E-state index < -0.39 is 76.1 Å². The number of piperazine rings is 1. The third-order valence-electron chi connectivity index (χ3n) is 9.87. The number of aryl methyl sites for hydroxylation is 2. The van der Waals surface area contributed by atoms with Gasteiger partial charge in [-0.25, -0.2) is 32.6 Å². The predicted octanol–water partition coefficient (Wildman–Crippen LogP) is 6.16.